The third-order valence-corrected chi connectivity index (χ3v) is 4.91. The summed E-state index contributed by atoms with van der Waals surface area (Å²) in [6.07, 6.45) is 1.52. The predicted molar refractivity (Wildman–Crippen MR) is 118 cm³/mol. The Labute approximate surface area is 177 Å². The molecule has 0 spiro atoms. The van der Waals surface area contributed by atoms with E-state index in [1.165, 1.54) is 6.08 Å². The number of carbonyl (C=O) groups excluding carboxylic acids is 2. The van der Waals surface area contributed by atoms with Gasteiger partial charge in [-0.3, -0.25) is 9.59 Å². The topological polar surface area (TPSA) is 71.3 Å². The van der Waals surface area contributed by atoms with E-state index >= 15 is 0 Å². The van der Waals surface area contributed by atoms with Gasteiger partial charge >= 0.3 is 0 Å². The highest BCUT2D eigenvalue weighted by molar-refractivity contribution is 14.1. The molecule has 2 amide bonds. The molecule has 0 radical (unpaired) electrons. The van der Waals surface area contributed by atoms with Crippen molar-refractivity contribution in [1.29, 1.82) is 0 Å². The fourth-order valence-electron chi connectivity index (χ4n) is 2.50. The quantitative estimate of drug-likeness (QED) is 0.398. The normalized spacial score (nSPS) is 11.2. The Hall–Kier alpha value is -2.87. The third-order valence-electron chi connectivity index (χ3n) is 3.97. The number of furan rings is 1. The highest BCUT2D eigenvalue weighted by Gasteiger charge is 2.17. The minimum absolute atomic E-state index is 0.0968. The van der Waals surface area contributed by atoms with Crippen molar-refractivity contribution in [1.82, 2.24) is 5.32 Å². The molecule has 6 heteroatoms. The van der Waals surface area contributed by atoms with Crippen LogP contribution in [0.15, 0.2) is 70.8 Å². The van der Waals surface area contributed by atoms with E-state index in [0.29, 0.717) is 22.8 Å². The summed E-state index contributed by atoms with van der Waals surface area (Å²) in [4.78, 5) is 25.5. The summed E-state index contributed by atoms with van der Waals surface area (Å²) in [5.41, 5.74) is 2.32. The first-order valence-electron chi connectivity index (χ1n) is 8.64. The molecule has 1 aromatic heterocycles. The van der Waals surface area contributed by atoms with Gasteiger partial charge in [0.2, 0.25) is 0 Å². The second kappa shape index (κ2) is 8.88. The number of anilines is 1. The fourth-order valence-corrected chi connectivity index (χ4v) is 3.13. The maximum Gasteiger partial charge on any atom is 0.272 e. The molecule has 5 nitrogen and oxygen atoms in total. The molecule has 0 aliphatic heterocycles. The molecule has 1 heterocycles. The molecule has 0 aliphatic carbocycles. The maximum atomic E-state index is 12.8. The van der Waals surface area contributed by atoms with Gasteiger partial charge in [-0.25, -0.2) is 0 Å². The van der Waals surface area contributed by atoms with Crippen molar-refractivity contribution in [2.75, 3.05) is 5.32 Å². The van der Waals surface area contributed by atoms with Gasteiger partial charge in [-0.2, -0.15) is 0 Å². The van der Waals surface area contributed by atoms with E-state index in [4.69, 9.17) is 4.42 Å². The van der Waals surface area contributed by atoms with Gasteiger partial charge in [-0.05, 0) is 72.8 Å². The lowest BCUT2D eigenvalue weighted by Crippen LogP contribution is -2.31. The molecule has 2 aromatic carbocycles. The van der Waals surface area contributed by atoms with Crippen LogP contribution in [0.2, 0.25) is 0 Å². The van der Waals surface area contributed by atoms with Crippen LogP contribution in [0.1, 0.15) is 27.4 Å². The molecular weight excluding hydrogens is 467 g/mol. The van der Waals surface area contributed by atoms with Gasteiger partial charge in [0.15, 0.2) is 0 Å². The van der Waals surface area contributed by atoms with E-state index in [0.717, 1.165) is 9.13 Å². The molecule has 28 heavy (non-hydrogen) atoms. The van der Waals surface area contributed by atoms with Crippen molar-refractivity contribution >= 4 is 46.2 Å². The molecule has 0 saturated carbocycles. The molecule has 0 saturated heterocycles. The fraction of sp³-hybridized carbons (Fsp3) is 0.0909. The first kappa shape index (κ1) is 19.9. The monoisotopic (exact) mass is 486 g/mol. The van der Waals surface area contributed by atoms with Gasteiger partial charge in [0.05, 0.1) is 5.56 Å². The van der Waals surface area contributed by atoms with Crippen LogP contribution in [-0.2, 0) is 4.79 Å². The summed E-state index contributed by atoms with van der Waals surface area (Å²) in [6.45, 7) is 3.78. The van der Waals surface area contributed by atoms with Gasteiger partial charge in [-0.1, -0.05) is 29.8 Å². The summed E-state index contributed by atoms with van der Waals surface area (Å²) < 4.78 is 6.33. The van der Waals surface area contributed by atoms with Crippen LogP contribution in [0.3, 0.4) is 0 Å². The molecule has 2 N–H and O–H groups in total. The number of nitrogens with one attached hydrogen (secondary N) is 2. The highest BCUT2D eigenvalue weighted by Crippen LogP contribution is 2.16. The van der Waals surface area contributed by atoms with E-state index in [1.807, 2.05) is 50.2 Å². The zero-order chi connectivity index (χ0) is 20.1. The lowest BCUT2D eigenvalue weighted by Gasteiger charge is -2.12. The Kier molecular flexibility index (Phi) is 6.30. The standard InChI is InChI=1S/C22H19IN2O3/c1-14-7-10-16(11-8-14)24-22(27)20(13-17-12-9-15(2)28-17)25-21(26)18-5-3-4-6-19(18)23/h3-13H,1-2H3,(H,24,27)(H,25,26). The molecule has 142 valence electrons. The van der Waals surface area contributed by atoms with E-state index in [1.54, 1.807) is 24.3 Å². The first-order valence-corrected chi connectivity index (χ1v) is 9.72. The van der Waals surface area contributed by atoms with Crippen molar-refractivity contribution in [3.63, 3.8) is 0 Å². The Morgan fingerprint density at radius 1 is 0.964 bits per heavy atom. The molecular formula is C22H19IN2O3. The van der Waals surface area contributed by atoms with Crippen LogP contribution in [0.5, 0.6) is 0 Å². The molecule has 0 aliphatic rings. The van der Waals surface area contributed by atoms with Crippen LogP contribution in [0.25, 0.3) is 6.08 Å². The molecule has 0 unspecified atom stereocenters. The zero-order valence-corrected chi connectivity index (χ0v) is 17.6. The summed E-state index contributed by atoms with van der Waals surface area (Å²) in [6, 6.07) is 18.1. The average Bonchev–Trinajstić information content (AvgIpc) is 3.08. The van der Waals surface area contributed by atoms with Gasteiger partial charge in [0.25, 0.3) is 11.8 Å². The van der Waals surface area contributed by atoms with Crippen LogP contribution >= 0.6 is 22.6 Å². The van der Waals surface area contributed by atoms with Crippen LogP contribution in [-0.4, -0.2) is 11.8 Å². The number of hydrogen-bond acceptors (Lipinski definition) is 3. The molecule has 0 atom stereocenters. The van der Waals surface area contributed by atoms with Gasteiger partial charge in [0, 0.05) is 15.3 Å². The smallest absolute Gasteiger partial charge is 0.272 e. The van der Waals surface area contributed by atoms with E-state index in [2.05, 4.69) is 33.2 Å². The van der Waals surface area contributed by atoms with E-state index < -0.39 is 5.91 Å². The van der Waals surface area contributed by atoms with Crippen LogP contribution < -0.4 is 10.6 Å². The minimum atomic E-state index is -0.433. The van der Waals surface area contributed by atoms with Crippen LogP contribution in [0.4, 0.5) is 5.69 Å². The number of carbonyl (C=O) groups is 2. The van der Waals surface area contributed by atoms with Crippen molar-refractivity contribution in [2.45, 2.75) is 13.8 Å². The van der Waals surface area contributed by atoms with E-state index in [-0.39, 0.29) is 11.6 Å². The highest BCUT2D eigenvalue weighted by atomic mass is 127. The van der Waals surface area contributed by atoms with Crippen LogP contribution in [0, 0.1) is 17.4 Å². The number of hydrogen-bond donors (Lipinski definition) is 2. The van der Waals surface area contributed by atoms with Crippen molar-refractivity contribution < 1.29 is 14.0 Å². The van der Waals surface area contributed by atoms with Gasteiger partial charge < -0.3 is 15.1 Å². The Bertz CT molecular complexity index is 1040. The summed E-state index contributed by atoms with van der Waals surface area (Å²) >= 11 is 2.09. The summed E-state index contributed by atoms with van der Waals surface area (Å²) in [5.74, 6) is 0.402. The van der Waals surface area contributed by atoms with E-state index in [9.17, 15) is 9.59 Å². The maximum absolute atomic E-state index is 12.8. The Morgan fingerprint density at radius 3 is 2.32 bits per heavy atom. The molecule has 0 fully saturated rings. The summed E-state index contributed by atoms with van der Waals surface area (Å²) in [7, 11) is 0. The zero-order valence-electron chi connectivity index (χ0n) is 15.5. The number of benzene rings is 2. The Morgan fingerprint density at radius 2 is 1.68 bits per heavy atom. The molecule has 3 aromatic rings. The van der Waals surface area contributed by atoms with Crippen molar-refractivity contribution in [2.24, 2.45) is 0 Å². The second-order valence-corrected chi connectivity index (χ2v) is 7.42. The van der Waals surface area contributed by atoms with Crippen molar-refractivity contribution in [3.05, 3.63) is 92.6 Å². The summed E-state index contributed by atoms with van der Waals surface area (Å²) in [5, 5.41) is 5.51. The SMILES string of the molecule is Cc1ccc(NC(=O)C(=Cc2ccc(C)o2)NC(=O)c2ccccc2I)cc1. The predicted octanol–water partition coefficient (Wildman–Crippen LogP) is 4.91. The second-order valence-electron chi connectivity index (χ2n) is 6.26. The number of rotatable bonds is 5. The lowest BCUT2D eigenvalue weighted by atomic mass is 10.2. The average molecular weight is 486 g/mol. The number of halogens is 1. The minimum Gasteiger partial charge on any atom is -0.462 e. The largest absolute Gasteiger partial charge is 0.462 e. The van der Waals surface area contributed by atoms with Crippen molar-refractivity contribution in [3.8, 4) is 0 Å². The number of aryl methyl sites for hydroxylation is 2. The van der Waals surface area contributed by atoms with Gasteiger partial charge in [-0.15, -0.1) is 0 Å². The number of amides is 2. The molecule has 3 rings (SSSR count). The third kappa shape index (κ3) is 5.10. The first-order chi connectivity index (χ1) is 13.4. The van der Waals surface area contributed by atoms with Gasteiger partial charge in [0.1, 0.15) is 17.2 Å². The Balaban J connectivity index is 1.87. The lowest BCUT2D eigenvalue weighted by molar-refractivity contribution is -0.113. The molecule has 0 bridgehead atoms.